The maximum atomic E-state index is 13.4. The van der Waals surface area contributed by atoms with Gasteiger partial charge in [0.2, 0.25) is 0 Å². The highest BCUT2D eigenvalue weighted by Crippen LogP contribution is 2.15. The third-order valence-corrected chi connectivity index (χ3v) is 1.91. The monoisotopic (exact) mass is 191 g/mol. The topological polar surface area (TPSA) is 40.9 Å². The number of rotatable bonds is 2. The highest BCUT2D eigenvalue weighted by molar-refractivity contribution is 5.97. The normalized spacial score (nSPS) is 9.93. The van der Waals surface area contributed by atoms with Gasteiger partial charge in [0.05, 0.1) is 11.1 Å². The van der Waals surface area contributed by atoms with Crippen LogP contribution in [0.5, 0.6) is 0 Å². The fraction of sp³-hybridized carbons (Fsp3) is 0.273. The Morgan fingerprint density at radius 3 is 2.64 bits per heavy atom. The van der Waals surface area contributed by atoms with Crippen molar-refractivity contribution in [2.45, 2.75) is 13.8 Å². The van der Waals surface area contributed by atoms with Crippen LogP contribution in [0.2, 0.25) is 0 Å². The van der Waals surface area contributed by atoms with Crippen LogP contribution in [0, 0.1) is 23.1 Å². The average Bonchev–Trinajstić information content (AvgIpc) is 2.17. The summed E-state index contributed by atoms with van der Waals surface area (Å²) in [5.74, 6) is -1.26. The van der Waals surface area contributed by atoms with Crippen molar-refractivity contribution in [2.75, 3.05) is 0 Å². The Balaban J connectivity index is 3.24. The number of ketones is 1. The highest BCUT2D eigenvalue weighted by Gasteiger charge is 2.16. The van der Waals surface area contributed by atoms with Crippen LogP contribution in [0.4, 0.5) is 4.39 Å². The molecule has 0 atom stereocenters. The maximum Gasteiger partial charge on any atom is 0.168 e. The fourth-order valence-electron chi connectivity index (χ4n) is 1.12. The smallest absolute Gasteiger partial charge is 0.168 e. The first-order valence-electron chi connectivity index (χ1n) is 4.30. The number of halogens is 1. The molecule has 0 amide bonds. The van der Waals surface area contributed by atoms with Crippen molar-refractivity contribution in [2.24, 2.45) is 5.92 Å². The number of carbonyl (C=O) groups is 1. The molecule has 0 aliphatic rings. The molecule has 1 aromatic rings. The highest BCUT2D eigenvalue weighted by atomic mass is 19.1. The van der Waals surface area contributed by atoms with E-state index in [9.17, 15) is 9.18 Å². The van der Waals surface area contributed by atoms with Gasteiger partial charge in [-0.05, 0) is 12.1 Å². The second-order valence-electron chi connectivity index (χ2n) is 3.30. The van der Waals surface area contributed by atoms with E-state index in [4.69, 9.17) is 5.26 Å². The van der Waals surface area contributed by atoms with Crippen molar-refractivity contribution >= 4 is 5.78 Å². The van der Waals surface area contributed by atoms with E-state index in [1.807, 2.05) is 0 Å². The second kappa shape index (κ2) is 4.01. The minimum absolute atomic E-state index is 0.000880. The van der Waals surface area contributed by atoms with Crippen LogP contribution in [0.25, 0.3) is 0 Å². The SMILES string of the molecule is CC(C)C(=O)c1cccc(C#N)c1F. The zero-order chi connectivity index (χ0) is 10.7. The molecule has 1 rings (SSSR count). The van der Waals surface area contributed by atoms with Crippen molar-refractivity contribution in [1.82, 2.24) is 0 Å². The molecular weight excluding hydrogens is 181 g/mol. The number of hydrogen-bond acceptors (Lipinski definition) is 2. The van der Waals surface area contributed by atoms with Crippen molar-refractivity contribution in [3.8, 4) is 6.07 Å². The fourth-order valence-corrected chi connectivity index (χ4v) is 1.12. The quantitative estimate of drug-likeness (QED) is 0.674. The van der Waals surface area contributed by atoms with Gasteiger partial charge >= 0.3 is 0 Å². The van der Waals surface area contributed by atoms with Gasteiger partial charge in [0, 0.05) is 5.92 Å². The summed E-state index contributed by atoms with van der Waals surface area (Å²) in [7, 11) is 0. The zero-order valence-corrected chi connectivity index (χ0v) is 8.04. The molecule has 0 fully saturated rings. The van der Waals surface area contributed by atoms with Crippen molar-refractivity contribution in [3.63, 3.8) is 0 Å². The van der Waals surface area contributed by atoms with E-state index >= 15 is 0 Å². The molecule has 0 bridgehead atoms. The van der Waals surface area contributed by atoms with Gasteiger partial charge in [-0.2, -0.15) is 5.26 Å². The number of nitriles is 1. The van der Waals surface area contributed by atoms with E-state index in [1.165, 1.54) is 18.2 Å². The standard InChI is InChI=1S/C11H10FNO/c1-7(2)11(14)9-5-3-4-8(6-13)10(9)12/h3-5,7H,1-2H3. The predicted molar refractivity (Wildman–Crippen MR) is 50.3 cm³/mol. The lowest BCUT2D eigenvalue weighted by molar-refractivity contribution is 0.0935. The third kappa shape index (κ3) is 1.80. The summed E-state index contributed by atoms with van der Waals surface area (Å²) in [6, 6.07) is 5.97. The first-order valence-corrected chi connectivity index (χ1v) is 4.30. The molecule has 1 aromatic carbocycles. The van der Waals surface area contributed by atoms with Crippen LogP contribution in [-0.4, -0.2) is 5.78 Å². The Kier molecular flexibility index (Phi) is 2.98. The Labute approximate surface area is 82.0 Å². The van der Waals surface area contributed by atoms with E-state index < -0.39 is 5.82 Å². The first-order chi connectivity index (χ1) is 6.57. The van der Waals surface area contributed by atoms with Crippen molar-refractivity contribution in [3.05, 3.63) is 35.1 Å². The summed E-state index contributed by atoms with van der Waals surface area (Å²) < 4.78 is 13.4. The molecule has 0 radical (unpaired) electrons. The van der Waals surface area contributed by atoms with E-state index in [1.54, 1.807) is 19.9 Å². The summed E-state index contributed by atoms with van der Waals surface area (Å²) in [6.07, 6.45) is 0. The van der Waals surface area contributed by atoms with E-state index in [-0.39, 0.29) is 22.8 Å². The van der Waals surface area contributed by atoms with Crippen LogP contribution in [0.15, 0.2) is 18.2 Å². The summed E-state index contributed by atoms with van der Waals surface area (Å²) >= 11 is 0. The summed E-state index contributed by atoms with van der Waals surface area (Å²) in [5, 5.41) is 8.56. The lowest BCUT2D eigenvalue weighted by Crippen LogP contribution is -2.10. The van der Waals surface area contributed by atoms with Gasteiger partial charge in [0.25, 0.3) is 0 Å². The predicted octanol–water partition coefficient (Wildman–Crippen LogP) is 2.54. The molecule has 2 nitrogen and oxygen atoms in total. The van der Waals surface area contributed by atoms with Crippen molar-refractivity contribution < 1.29 is 9.18 Å². The van der Waals surface area contributed by atoms with Gasteiger partial charge in [-0.3, -0.25) is 4.79 Å². The minimum atomic E-state index is -0.714. The molecule has 0 aromatic heterocycles. The number of hydrogen-bond donors (Lipinski definition) is 0. The van der Waals surface area contributed by atoms with E-state index in [0.29, 0.717) is 0 Å². The van der Waals surface area contributed by atoms with Crippen molar-refractivity contribution in [1.29, 1.82) is 5.26 Å². The number of benzene rings is 1. The van der Waals surface area contributed by atoms with Gasteiger partial charge < -0.3 is 0 Å². The molecule has 0 aliphatic carbocycles. The summed E-state index contributed by atoms with van der Waals surface area (Å²) in [6.45, 7) is 3.39. The van der Waals surface area contributed by atoms with Gasteiger partial charge in [-0.25, -0.2) is 4.39 Å². The van der Waals surface area contributed by atoms with Crippen LogP contribution < -0.4 is 0 Å². The van der Waals surface area contributed by atoms with Gasteiger partial charge in [-0.1, -0.05) is 19.9 Å². The Morgan fingerprint density at radius 2 is 2.14 bits per heavy atom. The summed E-state index contributed by atoms with van der Waals surface area (Å²) in [4.78, 5) is 11.5. The maximum absolute atomic E-state index is 13.4. The average molecular weight is 191 g/mol. The molecule has 72 valence electrons. The van der Waals surface area contributed by atoms with Gasteiger partial charge in [0.15, 0.2) is 11.6 Å². The number of Topliss-reactive ketones (excluding diaryl/α,β-unsaturated/α-hetero) is 1. The van der Waals surface area contributed by atoms with Crippen LogP contribution >= 0.6 is 0 Å². The summed E-state index contributed by atoms with van der Waals surface area (Å²) in [5.41, 5.74) is -0.0875. The molecule has 0 saturated heterocycles. The van der Waals surface area contributed by atoms with Crippen LogP contribution in [0.3, 0.4) is 0 Å². The lowest BCUT2D eigenvalue weighted by Gasteiger charge is -2.05. The first kappa shape index (κ1) is 10.4. The molecule has 0 saturated carbocycles. The minimum Gasteiger partial charge on any atom is -0.294 e. The molecule has 3 heteroatoms. The lowest BCUT2D eigenvalue weighted by atomic mass is 9.99. The largest absolute Gasteiger partial charge is 0.294 e. The Hall–Kier alpha value is -1.69. The second-order valence-corrected chi connectivity index (χ2v) is 3.30. The van der Waals surface area contributed by atoms with Gasteiger partial charge in [-0.15, -0.1) is 0 Å². The zero-order valence-electron chi connectivity index (χ0n) is 8.04. The molecule has 0 spiro atoms. The van der Waals surface area contributed by atoms with Crippen LogP contribution in [-0.2, 0) is 0 Å². The van der Waals surface area contributed by atoms with E-state index in [2.05, 4.69) is 0 Å². The van der Waals surface area contributed by atoms with Gasteiger partial charge in [0.1, 0.15) is 6.07 Å². The Bertz CT molecular complexity index is 404. The molecule has 0 N–H and O–H groups in total. The molecule has 0 heterocycles. The van der Waals surface area contributed by atoms with Crippen LogP contribution in [0.1, 0.15) is 29.8 Å². The molecular formula is C11H10FNO. The molecule has 0 unspecified atom stereocenters. The molecule has 14 heavy (non-hydrogen) atoms. The Morgan fingerprint density at radius 1 is 1.50 bits per heavy atom. The number of nitrogens with zero attached hydrogens (tertiary/aromatic N) is 1. The number of carbonyl (C=O) groups excluding carboxylic acids is 1. The van der Waals surface area contributed by atoms with E-state index in [0.717, 1.165) is 0 Å². The molecule has 0 aliphatic heterocycles. The third-order valence-electron chi connectivity index (χ3n) is 1.91.